The lowest BCUT2D eigenvalue weighted by atomic mass is 10.1. The molecule has 0 amide bonds. The van der Waals surface area contributed by atoms with Crippen LogP contribution >= 0.6 is 22.6 Å². The summed E-state index contributed by atoms with van der Waals surface area (Å²) in [7, 11) is 0. The van der Waals surface area contributed by atoms with E-state index < -0.39 is 0 Å². The standard InChI is InChI=1S/C15H9IO2/c16-11-6-7-12-13(17)9-14(18-15(12)8-11)10-4-2-1-3-5-10/h1-9H. The minimum atomic E-state index is -0.00787. The van der Waals surface area contributed by atoms with Gasteiger partial charge in [0, 0.05) is 15.2 Å². The summed E-state index contributed by atoms with van der Waals surface area (Å²) < 4.78 is 6.85. The molecule has 0 radical (unpaired) electrons. The van der Waals surface area contributed by atoms with Crippen LogP contribution in [0.2, 0.25) is 0 Å². The van der Waals surface area contributed by atoms with E-state index in [1.807, 2.05) is 42.5 Å². The highest BCUT2D eigenvalue weighted by Gasteiger charge is 2.06. The Bertz CT molecular complexity index is 760. The largest absolute Gasteiger partial charge is 0.456 e. The van der Waals surface area contributed by atoms with Crippen molar-refractivity contribution in [1.29, 1.82) is 0 Å². The molecule has 18 heavy (non-hydrogen) atoms. The Morgan fingerprint density at radius 3 is 2.50 bits per heavy atom. The van der Waals surface area contributed by atoms with Gasteiger partial charge < -0.3 is 4.42 Å². The van der Waals surface area contributed by atoms with E-state index in [2.05, 4.69) is 22.6 Å². The first-order valence-corrected chi connectivity index (χ1v) is 6.61. The second kappa shape index (κ2) is 4.57. The van der Waals surface area contributed by atoms with E-state index >= 15 is 0 Å². The highest BCUT2D eigenvalue weighted by Crippen LogP contribution is 2.22. The smallest absolute Gasteiger partial charge is 0.193 e. The lowest BCUT2D eigenvalue weighted by molar-refractivity contribution is 0.618. The fraction of sp³-hybridized carbons (Fsp3) is 0. The first-order chi connectivity index (χ1) is 8.74. The molecule has 0 aliphatic carbocycles. The molecule has 0 bridgehead atoms. The summed E-state index contributed by atoms with van der Waals surface area (Å²) in [4.78, 5) is 12.0. The summed E-state index contributed by atoms with van der Waals surface area (Å²) >= 11 is 2.20. The molecule has 0 N–H and O–H groups in total. The van der Waals surface area contributed by atoms with Gasteiger partial charge in [-0.05, 0) is 40.8 Å². The van der Waals surface area contributed by atoms with Crippen LogP contribution in [0.25, 0.3) is 22.3 Å². The van der Waals surface area contributed by atoms with Crippen molar-refractivity contribution in [3.63, 3.8) is 0 Å². The molecule has 88 valence electrons. The molecule has 0 unspecified atom stereocenters. The molecule has 3 aromatic rings. The van der Waals surface area contributed by atoms with E-state index in [9.17, 15) is 4.79 Å². The van der Waals surface area contributed by atoms with Gasteiger partial charge in [-0.3, -0.25) is 4.79 Å². The molecule has 0 aliphatic rings. The number of fused-ring (bicyclic) bond motifs is 1. The minimum Gasteiger partial charge on any atom is -0.456 e. The molecule has 0 fully saturated rings. The molecule has 0 saturated carbocycles. The number of hydrogen-bond donors (Lipinski definition) is 0. The van der Waals surface area contributed by atoms with Crippen molar-refractivity contribution in [3.8, 4) is 11.3 Å². The maximum absolute atomic E-state index is 12.0. The lowest BCUT2D eigenvalue weighted by Crippen LogP contribution is -2.00. The molecule has 2 nitrogen and oxygen atoms in total. The molecule has 1 heterocycles. The molecule has 2 aromatic carbocycles. The van der Waals surface area contributed by atoms with Crippen molar-refractivity contribution in [3.05, 3.63) is 68.4 Å². The van der Waals surface area contributed by atoms with E-state index in [0.29, 0.717) is 16.7 Å². The average molecular weight is 348 g/mol. The van der Waals surface area contributed by atoms with E-state index in [1.165, 1.54) is 0 Å². The molecular weight excluding hydrogens is 339 g/mol. The van der Waals surface area contributed by atoms with Crippen LogP contribution in [-0.2, 0) is 0 Å². The number of benzene rings is 2. The van der Waals surface area contributed by atoms with Gasteiger partial charge in [0.05, 0.1) is 5.39 Å². The van der Waals surface area contributed by atoms with Gasteiger partial charge in [-0.2, -0.15) is 0 Å². The highest BCUT2D eigenvalue weighted by molar-refractivity contribution is 14.1. The second-order valence-electron chi connectivity index (χ2n) is 3.98. The zero-order chi connectivity index (χ0) is 12.5. The topological polar surface area (TPSA) is 30.2 Å². The van der Waals surface area contributed by atoms with Gasteiger partial charge >= 0.3 is 0 Å². The third-order valence-electron chi connectivity index (χ3n) is 2.75. The summed E-state index contributed by atoms with van der Waals surface area (Å²) in [6, 6.07) is 16.8. The van der Waals surface area contributed by atoms with Crippen LogP contribution in [0, 0.1) is 3.57 Å². The predicted molar refractivity (Wildman–Crippen MR) is 80.6 cm³/mol. The Morgan fingerprint density at radius 2 is 1.72 bits per heavy atom. The van der Waals surface area contributed by atoms with E-state index in [4.69, 9.17) is 4.42 Å². The van der Waals surface area contributed by atoms with Gasteiger partial charge in [0.2, 0.25) is 0 Å². The summed E-state index contributed by atoms with van der Waals surface area (Å²) in [5.74, 6) is 0.607. The van der Waals surface area contributed by atoms with Gasteiger partial charge in [-0.1, -0.05) is 30.3 Å². The Morgan fingerprint density at radius 1 is 0.944 bits per heavy atom. The molecule has 1 aromatic heterocycles. The first-order valence-electron chi connectivity index (χ1n) is 5.53. The van der Waals surface area contributed by atoms with Crippen molar-refractivity contribution in [2.45, 2.75) is 0 Å². The fourth-order valence-corrected chi connectivity index (χ4v) is 2.34. The molecule has 0 spiro atoms. The Hall–Kier alpha value is -1.62. The summed E-state index contributed by atoms with van der Waals surface area (Å²) in [5, 5.41) is 0.620. The molecule has 0 saturated heterocycles. The van der Waals surface area contributed by atoms with Crippen LogP contribution in [0.4, 0.5) is 0 Å². The summed E-state index contributed by atoms with van der Waals surface area (Å²) in [6.07, 6.45) is 0. The Labute approximate surface area is 117 Å². The van der Waals surface area contributed by atoms with Gasteiger partial charge in [-0.25, -0.2) is 0 Å². The minimum absolute atomic E-state index is 0.00787. The van der Waals surface area contributed by atoms with E-state index in [1.54, 1.807) is 12.1 Å². The second-order valence-corrected chi connectivity index (χ2v) is 5.23. The number of hydrogen-bond acceptors (Lipinski definition) is 2. The monoisotopic (exact) mass is 348 g/mol. The van der Waals surface area contributed by atoms with Crippen LogP contribution < -0.4 is 5.43 Å². The zero-order valence-electron chi connectivity index (χ0n) is 9.39. The van der Waals surface area contributed by atoms with Gasteiger partial charge in [-0.15, -0.1) is 0 Å². The third kappa shape index (κ3) is 2.06. The lowest BCUT2D eigenvalue weighted by Gasteiger charge is -2.03. The van der Waals surface area contributed by atoms with E-state index in [0.717, 1.165) is 9.13 Å². The number of halogens is 1. The van der Waals surface area contributed by atoms with Gasteiger partial charge in [0.15, 0.2) is 5.43 Å². The SMILES string of the molecule is O=c1cc(-c2ccccc2)oc2cc(I)ccc12. The third-order valence-corrected chi connectivity index (χ3v) is 3.42. The van der Waals surface area contributed by atoms with Crippen molar-refractivity contribution >= 4 is 33.6 Å². The van der Waals surface area contributed by atoms with Crippen LogP contribution in [0.5, 0.6) is 0 Å². The van der Waals surface area contributed by atoms with E-state index in [-0.39, 0.29) is 5.43 Å². The fourth-order valence-electron chi connectivity index (χ4n) is 1.87. The molecule has 0 aliphatic heterocycles. The van der Waals surface area contributed by atoms with Gasteiger partial charge in [0.1, 0.15) is 11.3 Å². The van der Waals surface area contributed by atoms with Crippen molar-refractivity contribution in [1.82, 2.24) is 0 Å². The molecular formula is C15H9IO2. The predicted octanol–water partition coefficient (Wildman–Crippen LogP) is 4.06. The van der Waals surface area contributed by atoms with Crippen LogP contribution in [0.1, 0.15) is 0 Å². The summed E-state index contributed by atoms with van der Waals surface area (Å²) in [5.41, 5.74) is 1.54. The van der Waals surface area contributed by atoms with Crippen LogP contribution in [-0.4, -0.2) is 0 Å². The Balaban J connectivity index is 2.30. The van der Waals surface area contributed by atoms with Crippen LogP contribution in [0.3, 0.4) is 0 Å². The molecule has 3 rings (SSSR count). The van der Waals surface area contributed by atoms with Gasteiger partial charge in [0.25, 0.3) is 0 Å². The molecule has 3 heteroatoms. The quantitative estimate of drug-likeness (QED) is 0.621. The first kappa shape index (κ1) is 11.5. The van der Waals surface area contributed by atoms with Crippen molar-refractivity contribution in [2.75, 3.05) is 0 Å². The van der Waals surface area contributed by atoms with Crippen molar-refractivity contribution < 1.29 is 4.42 Å². The number of rotatable bonds is 1. The van der Waals surface area contributed by atoms with Crippen molar-refractivity contribution in [2.24, 2.45) is 0 Å². The normalized spacial score (nSPS) is 10.7. The Kier molecular flexibility index (Phi) is 2.91. The molecule has 0 atom stereocenters. The van der Waals surface area contributed by atoms with Crippen LogP contribution in [0.15, 0.2) is 63.8 Å². The highest BCUT2D eigenvalue weighted by atomic mass is 127. The maximum atomic E-state index is 12.0. The average Bonchev–Trinajstić information content (AvgIpc) is 2.39. The summed E-state index contributed by atoms with van der Waals surface area (Å²) in [6.45, 7) is 0. The maximum Gasteiger partial charge on any atom is 0.193 e. The zero-order valence-corrected chi connectivity index (χ0v) is 11.5.